The number of para-hydroxylation sites is 2. The molecule has 0 spiro atoms. The predicted molar refractivity (Wildman–Crippen MR) is 86.6 cm³/mol. The van der Waals surface area contributed by atoms with Crippen molar-refractivity contribution < 1.29 is 19.4 Å². The number of carboxylic acids is 1. The molecule has 0 saturated heterocycles. The second-order valence-electron chi connectivity index (χ2n) is 4.86. The standard InChI is InChI=1S/C17H18N2O4/c1-23-15-10-6-5-9-13(15)18-17(22)19-14(11-16(20)21)12-7-3-2-4-8-12/h2-10,14H,11H2,1H3,(H,20,21)(H2,18,19,22). The van der Waals surface area contributed by atoms with Gasteiger partial charge in [0.1, 0.15) is 5.75 Å². The van der Waals surface area contributed by atoms with Crippen LogP contribution in [0.4, 0.5) is 10.5 Å². The van der Waals surface area contributed by atoms with Crippen LogP contribution in [0.15, 0.2) is 54.6 Å². The van der Waals surface area contributed by atoms with E-state index in [1.807, 2.05) is 6.07 Å². The number of carbonyl (C=O) groups is 2. The van der Waals surface area contributed by atoms with Gasteiger partial charge in [-0.3, -0.25) is 4.79 Å². The van der Waals surface area contributed by atoms with Crippen LogP contribution in [-0.4, -0.2) is 24.2 Å². The number of urea groups is 1. The van der Waals surface area contributed by atoms with Gasteiger partial charge in [-0.15, -0.1) is 0 Å². The Labute approximate surface area is 134 Å². The van der Waals surface area contributed by atoms with Gasteiger partial charge in [-0.05, 0) is 17.7 Å². The maximum Gasteiger partial charge on any atom is 0.319 e. The lowest BCUT2D eigenvalue weighted by molar-refractivity contribution is -0.137. The van der Waals surface area contributed by atoms with E-state index in [-0.39, 0.29) is 6.42 Å². The van der Waals surface area contributed by atoms with Crippen LogP contribution in [-0.2, 0) is 4.79 Å². The fourth-order valence-corrected chi connectivity index (χ4v) is 2.18. The molecule has 0 aromatic heterocycles. The third kappa shape index (κ3) is 4.74. The summed E-state index contributed by atoms with van der Waals surface area (Å²) < 4.78 is 5.16. The molecule has 0 heterocycles. The number of benzene rings is 2. The number of rotatable bonds is 6. The number of methoxy groups -OCH3 is 1. The van der Waals surface area contributed by atoms with Crippen LogP contribution < -0.4 is 15.4 Å². The Morgan fingerprint density at radius 1 is 1.09 bits per heavy atom. The highest BCUT2D eigenvalue weighted by molar-refractivity contribution is 5.91. The van der Waals surface area contributed by atoms with Gasteiger partial charge in [-0.2, -0.15) is 0 Å². The Bertz CT molecular complexity index is 673. The Hall–Kier alpha value is -3.02. The molecule has 0 aliphatic heterocycles. The third-order valence-electron chi connectivity index (χ3n) is 3.24. The SMILES string of the molecule is COc1ccccc1NC(=O)NC(CC(=O)O)c1ccccc1. The number of hydrogen-bond donors (Lipinski definition) is 3. The number of amides is 2. The molecule has 1 atom stereocenters. The first-order valence-corrected chi connectivity index (χ1v) is 7.07. The molecule has 0 aliphatic rings. The molecule has 120 valence electrons. The molecule has 3 N–H and O–H groups in total. The molecular formula is C17H18N2O4. The lowest BCUT2D eigenvalue weighted by atomic mass is 10.0. The van der Waals surface area contributed by atoms with Gasteiger partial charge < -0.3 is 20.5 Å². The van der Waals surface area contributed by atoms with E-state index in [0.717, 1.165) is 5.56 Å². The number of carbonyl (C=O) groups excluding carboxylic acids is 1. The molecule has 0 bridgehead atoms. The van der Waals surface area contributed by atoms with Gasteiger partial charge in [0.25, 0.3) is 0 Å². The summed E-state index contributed by atoms with van der Waals surface area (Å²) in [7, 11) is 1.51. The molecule has 2 aromatic carbocycles. The van der Waals surface area contributed by atoms with Crippen molar-refractivity contribution >= 4 is 17.7 Å². The van der Waals surface area contributed by atoms with Crippen molar-refractivity contribution in [2.45, 2.75) is 12.5 Å². The minimum absolute atomic E-state index is 0.205. The van der Waals surface area contributed by atoms with Gasteiger partial charge in [0.15, 0.2) is 0 Å². The van der Waals surface area contributed by atoms with Crippen LogP contribution >= 0.6 is 0 Å². The minimum atomic E-state index is -0.989. The minimum Gasteiger partial charge on any atom is -0.495 e. The maximum absolute atomic E-state index is 12.2. The molecule has 0 aliphatic carbocycles. The summed E-state index contributed by atoms with van der Waals surface area (Å²) in [6, 6.07) is 14.8. The first-order chi connectivity index (χ1) is 11.1. The number of aliphatic carboxylic acids is 1. The van der Waals surface area contributed by atoms with Crippen molar-refractivity contribution in [2.24, 2.45) is 0 Å². The van der Waals surface area contributed by atoms with Crippen LogP contribution in [0.25, 0.3) is 0 Å². The van der Waals surface area contributed by atoms with Crippen molar-refractivity contribution in [3.63, 3.8) is 0 Å². The first kappa shape index (κ1) is 16.4. The van der Waals surface area contributed by atoms with E-state index in [9.17, 15) is 9.59 Å². The zero-order valence-corrected chi connectivity index (χ0v) is 12.7. The van der Waals surface area contributed by atoms with E-state index in [1.165, 1.54) is 7.11 Å². The summed E-state index contributed by atoms with van der Waals surface area (Å²) in [6.45, 7) is 0. The third-order valence-corrected chi connectivity index (χ3v) is 3.24. The van der Waals surface area contributed by atoms with Gasteiger partial charge >= 0.3 is 12.0 Å². The Morgan fingerprint density at radius 3 is 2.39 bits per heavy atom. The average molecular weight is 314 g/mol. The topological polar surface area (TPSA) is 87.7 Å². The highest BCUT2D eigenvalue weighted by Crippen LogP contribution is 2.23. The number of hydrogen-bond acceptors (Lipinski definition) is 3. The van der Waals surface area contributed by atoms with Crippen molar-refractivity contribution in [1.29, 1.82) is 0 Å². The molecule has 2 aromatic rings. The van der Waals surface area contributed by atoms with Gasteiger partial charge in [0.2, 0.25) is 0 Å². The Morgan fingerprint density at radius 2 is 1.74 bits per heavy atom. The monoisotopic (exact) mass is 314 g/mol. The molecule has 2 rings (SSSR count). The van der Waals surface area contributed by atoms with E-state index in [4.69, 9.17) is 9.84 Å². The van der Waals surface area contributed by atoms with Crippen molar-refractivity contribution in [2.75, 3.05) is 12.4 Å². The summed E-state index contributed by atoms with van der Waals surface area (Å²) in [5, 5.41) is 14.4. The number of ether oxygens (including phenoxy) is 1. The zero-order valence-electron chi connectivity index (χ0n) is 12.7. The molecule has 23 heavy (non-hydrogen) atoms. The smallest absolute Gasteiger partial charge is 0.319 e. The Kier molecular flexibility index (Phi) is 5.57. The van der Waals surface area contributed by atoms with Gasteiger partial charge in [0.05, 0.1) is 25.3 Å². The van der Waals surface area contributed by atoms with E-state index < -0.39 is 18.0 Å². The zero-order chi connectivity index (χ0) is 16.7. The Balaban J connectivity index is 2.10. The van der Waals surface area contributed by atoms with Crippen LogP contribution in [0.2, 0.25) is 0 Å². The fourth-order valence-electron chi connectivity index (χ4n) is 2.18. The van der Waals surface area contributed by atoms with Crippen LogP contribution in [0, 0.1) is 0 Å². The molecule has 0 saturated carbocycles. The summed E-state index contributed by atoms with van der Waals surface area (Å²) in [5.41, 5.74) is 1.24. The first-order valence-electron chi connectivity index (χ1n) is 7.07. The van der Waals surface area contributed by atoms with E-state index in [1.54, 1.807) is 48.5 Å². The van der Waals surface area contributed by atoms with Crippen molar-refractivity contribution in [3.05, 3.63) is 60.2 Å². The summed E-state index contributed by atoms with van der Waals surface area (Å²) in [6.07, 6.45) is -0.205. The molecule has 1 unspecified atom stereocenters. The summed E-state index contributed by atoms with van der Waals surface area (Å²) in [4.78, 5) is 23.2. The number of carboxylic acid groups (broad SMARTS) is 1. The highest BCUT2D eigenvalue weighted by Gasteiger charge is 2.18. The van der Waals surface area contributed by atoms with Crippen molar-refractivity contribution in [1.82, 2.24) is 5.32 Å². The van der Waals surface area contributed by atoms with Gasteiger partial charge in [-0.25, -0.2) is 4.79 Å². The van der Waals surface area contributed by atoms with Crippen LogP contribution in [0.5, 0.6) is 5.75 Å². The normalized spacial score (nSPS) is 11.3. The second kappa shape index (κ2) is 7.84. The molecular weight excluding hydrogens is 296 g/mol. The van der Waals surface area contributed by atoms with E-state index >= 15 is 0 Å². The maximum atomic E-state index is 12.2. The molecule has 0 fully saturated rings. The fraction of sp³-hybridized carbons (Fsp3) is 0.176. The van der Waals surface area contributed by atoms with Crippen molar-refractivity contribution in [3.8, 4) is 5.75 Å². The summed E-state index contributed by atoms with van der Waals surface area (Å²) in [5.74, 6) is -0.464. The van der Waals surface area contributed by atoms with Crippen LogP contribution in [0.3, 0.4) is 0 Å². The molecule has 0 radical (unpaired) electrons. The van der Waals surface area contributed by atoms with E-state index in [2.05, 4.69) is 10.6 Å². The second-order valence-corrected chi connectivity index (χ2v) is 4.86. The molecule has 2 amide bonds. The average Bonchev–Trinajstić information content (AvgIpc) is 2.55. The quantitative estimate of drug-likeness (QED) is 0.765. The van der Waals surface area contributed by atoms with E-state index in [0.29, 0.717) is 11.4 Å². The van der Waals surface area contributed by atoms with Crippen LogP contribution in [0.1, 0.15) is 18.0 Å². The summed E-state index contributed by atoms with van der Waals surface area (Å²) >= 11 is 0. The lowest BCUT2D eigenvalue weighted by Gasteiger charge is -2.18. The molecule has 6 heteroatoms. The predicted octanol–water partition coefficient (Wildman–Crippen LogP) is 3.03. The number of nitrogens with one attached hydrogen (secondary N) is 2. The number of anilines is 1. The molecule has 6 nitrogen and oxygen atoms in total. The highest BCUT2D eigenvalue weighted by atomic mass is 16.5. The van der Waals surface area contributed by atoms with Gasteiger partial charge in [0, 0.05) is 0 Å². The largest absolute Gasteiger partial charge is 0.495 e. The van der Waals surface area contributed by atoms with Gasteiger partial charge in [-0.1, -0.05) is 42.5 Å². The lowest BCUT2D eigenvalue weighted by Crippen LogP contribution is -2.33.